The van der Waals surface area contributed by atoms with Crippen LogP contribution in [0.5, 0.6) is 0 Å². The molecular formula is C58H101N7O17S2. The largest absolute Gasteiger partial charge is 0.481 e. The van der Waals surface area contributed by atoms with Gasteiger partial charge in [-0.15, -0.1) is 0 Å². The molecule has 0 aromatic carbocycles. The van der Waals surface area contributed by atoms with Gasteiger partial charge in [0.1, 0.15) is 0 Å². The number of carboxylic acids is 4. The van der Waals surface area contributed by atoms with Crippen molar-refractivity contribution >= 4 is 78.7 Å². The molecule has 26 heteroatoms. The molecule has 0 aliphatic rings. The van der Waals surface area contributed by atoms with E-state index in [0.717, 1.165) is 19.3 Å². The molecule has 5 amide bonds. The van der Waals surface area contributed by atoms with Crippen LogP contribution in [-0.2, 0) is 59.0 Å². The number of imidazole rings is 1. The molecule has 84 heavy (non-hydrogen) atoms. The summed E-state index contributed by atoms with van der Waals surface area (Å²) < 4.78 is 10.9. The maximum atomic E-state index is 14.9. The van der Waals surface area contributed by atoms with Crippen molar-refractivity contribution < 1.29 is 83.3 Å². The number of carboxylic acid groups (broad SMARTS) is 4. The van der Waals surface area contributed by atoms with Crippen LogP contribution in [0.1, 0.15) is 139 Å². The second kappa shape index (κ2) is 38.2. The summed E-state index contributed by atoms with van der Waals surface area (Å²) in [6, 6.07) is 0. The van der Waals surface area contributed by atoms with Crippen LogP contribution >= 0.6 is 25.3 Å². The lowest BCUT2D eigenvalue weighted by Crippen LogP contribution is -2.53. The molecule has 9 unspecified atom stereocenters. The van der Waals surface area contributed by atoms with E-state index in [1.807, 2.05) is 0 Å². The van der Waals surface area contributed by atoms with E-state index < -0.39 is 136 Å². The van der Waals surface area contributed by atoms with E-state index in [1.54, 1.807) is 27.0 Å². The fourth-order valence-corrected chi connectivity index (χ4v) is 12.4. The zero-order valence-electron chi connectivity index (χ0n) is 51.1. The molecule has 1 heterocycles. The maximum Gasteiger partial charge on any atom is 0.307 e. The van der Waals surface area contributed by atoms with Crippen molar-refractivity contribution in [1.29, 1.82) is 0 Å². The Balaban J connectivity index is 3.96. The SMILES string of the molecule is CC(C(=O)NCCOCCCO)C(C(=O)O)C(C)(C)CC(C(=O)O)C(C(=O)NCCc1c[nH]cn1)C(C)(C)CC(C(=O)NCCOCCCO)C(C(=O)O)C(C)(C)CC(C(=O)O)C(C(=O)NCCNC(=O)CCCCC(S)CCS)C(C)(C)C. The summed E-state index contributed by atoms with van der Waals surface area (Å²) in [7, 11) is 0. The number of thiol groups is 2. The normalized spacial score (nSPS) is 15.5. The summed E-state index contributed by atoms with van der Waals surface area (Å²) in [6.07, 6.45) is 5.72. The summed E-state index contributed by atoms with van der Waals surface area (Å²) in [5, 5.41) is 76.6. The molecule has 24 nitrogen and oxygen atoms in total. The van der Waals surface area contributed by atoms with Crippen molar-refractivity contribution in [2.75, 3.05) is 78.1 Å². The van der Waals surface area contributed by atoms with E-state index in [2.05, 4.69) is 61.8 Å². The summed E-state index contributed by atoms with van der Waals surface area (Å²) in [4.78, 5) is 132. The van der Waals surface area contributed by atoms with Crippen LogP contribution in [0.3, 0.4) is 0 Å². The van der Waals surface area contributed by atoms with Gasteiger partial charge in [-0.1, -0.05) is 75.7 Å². The molecule has 1 rings (SSSR count). The van der Waals surface area contributed by atoms with Gasteiger partial charge >= 0.3 is 23.9 Å². The van der Waals surface area contributed by atoms with Crippen LogP contribution in [0.2, 0.25) is 0 Å². The van der Waals surface area contributed by atoms with Crippen LogP contribution in [0.15, 0.2) is 12.5 Å². The average Bonchev–Trinajstić information content (AvgIpc) is 4.04. The zero-order chi connectivity index (χ0) is 64.0. The number of nitrogens with one attached hydrogen (secondary N) is 6. The number of aliphatic carboxylic acids is 4. The lowest BCUT2D eigenvalue weighted by molar-refractivity contribution is -0.162. The van der Waals surface area contributed by atoms with E-state index in [9.17, 15) is 68.7 Å². The van der Waals surface area contributed by atoms with Gasteiger partial charge in [-0.25, -0.2) is 4.98 Å². The minimum absolute atomic E-state index is 0.00917. The highest BCUT2D eigenvalue weighted by atomic mass is 32.1. The van der Waals surface area contributed by atoms with Gasteiger partial charge in [-0.2, -0.15) is 25.3 Å². The third-order valence-corrected chi connectivity index (χ3v) is 16.3. The van der Waals surface area contributed by atoms with E-state index in [-0.39, 0.29) is 103 Å². The number of aliphatic hydroxyl groups excluding tert-OH is 2. The van der Waals surface area contributed by atoms with Crippen LogP contribution in [0.25, 0.3) is 0 Å². The Morgan fingerprint density at radius 1 is 0.548 bits per heavy atom. The van der Waals surface area contributed by atoms with E-state index in [0.29, 0.717) is 24.3 Å². The van der Waals surface area contributed by atoms with E-state index >= 15 is 0 Å². The Bertz CT molecular complexity index is 2210. The summed E-state index contributed by atoms with van der Waals surface area (Å²) in [5.41, 5.74) is -5.39. The number of ether oxygens (including phenoxy) is 2. The highest BCUT2D eigenvalue weighted by Gasteiger charge is 2.55. The van der Waals surface area contributed by atoms with Crippen molar-refractivity contribution in [3.05, 3.63) is 18.2 Å². The molecule has 12 N–H and O–H groups in total. The minimum atomic E-state index is -1.78. The monoisotopic (exact) mass is 1230 g/mol. The van der Waals surface area contributed by atoms with Crippen LogP contribution in [-0.4, -0.2) is 177 Å². The predicted molar refractivity (Wildman–Crippen MR) is 321 cm³/mol. The Hall–Kier alpha value is -5.02. The lowest BCUT2D eigenvalue weighted by Gasteiger charge is -2.45. The predicted octanol–water partition coefficient (Wildman–Crippen LogP) is 4.09. The first kappa shape index (κ1) is 77.0. The minimum Gasteiger partial charge on any atom is -0.481 e. The molecule has 0 spiro atoms. The highest BCUT2D eigenvalue weighted by molar-refractivity contribution is 7.81. The van der Waals surface area contributed by atoms with Gasteiger partial charge in [0, 0.05) is 89.4 Å². The highest BCUT2D eigenvalue weighted by Crippen LogP contribution is 2.50. The number of unbranched alkanes of at least 4 members (excludes halogenated alkanes) is 1. The molecule has 0 aliphatic heterocycles. The number of aliphatic hydroxyl groups is 2. The van der Waals surface area contributed by atoms with Gasteiger partial charge in [0.05, 0.1) is 66.7 Å². The van der Waals surface area contributed by atoms with Crippen molar-refractivity contribution in [3.63, 3.8) is 0 Å². The molecule has 1 aromatic rings. The maximum absolute atomic E-state index is 14.9. The molecule has 0 saturated heterocycles. The first-order valence-electron chi connectivity index (χ1n) is 29.1. The Kier molecular flexibility index (Phi) is 35.0. The lowest BCUT2D eigenvalue weighted by atomic mass is 9.57. The fourth-order valence-electron chi connectivity index (χ4n) is 11.5. The zero-order valence-corrected chi connectivity index (χ0v) is 52.9. The second-order valence-electron chi connectivity index (χ2n) is 24.9. The number of aromatic amines is 1. The van der Waals surface area contributed by atoms with Gasteiger partial charge in [0.15, 0.2) is 0 Å². The molecule has 9 atom stereocenters. The number of carbonyl (C=O) groups excluding carboxylic acids is 5. The fraction of sp³-hybridized carbons (Fsp3) is 0.793. The molecule has 0 radical (unpaired) electrons. The standard InChI is InChI=1S/C58H101N7O17S2/c1-36(47(69)63-22-28-81-26-13-24-66)43(53(77)78)56(5,6)33-41(52(75)76)45(50(72)61-19-17-37-34-59-35-65-37)57(7,8)31-39(48(70)64-23-29-82-27-14-25-67)46(54(79)80)58(9,10)32-40(51(73)74)44(55(2,3)4)49(71)62-21-20-60-42(68)16-12-11-15-38(84)18-30-83/h34-36,38-41,43-46,66-67,83-84H,11-33H2,1-10H3,(H,59,65)(H,60,68)(H,61,72)(H,62,71)(H,63,69)(H,64,70)(H,73,74)(H,75,76)(H,77,78)(H,79,80). The van der Waals surface area contributed by atoms with Crippen molar-refractivity contribution in [2.24, 2.45) is 69.0 Å². The van der Waals surface area contributed by atoms with Crippen molar-refractivity contribution in [3.8, 4) is 0 Å². The summed E-state index contributed by atoms with van der Waals surface area (Å²) in [6.45, 7) is 15.1. The molecule has 1 aromatic heterocycles. The quantitative estimate of drug-likeness (QED) is 0.0323. The van der Waals surface area contributed by atoms with Crippen LogP contribution in [0, 0.1) is 69.0 Å². The third-order valence-electron chi connectivity index (χ3n) is 15.5. The smallest absolute Gasteiger partial charge is 0.307 e. The van der Waals surface area contributed by atoms with Gasteiger partial charge in [-0.05, 0) is 78.8 Å². The number of hydrogen-bond acceptors (Lipinski definition) is 16. The van der Waals surface area contributed by atoms with Crippen LogP contribution < -0.4 is 26.6 Å². The number of nitrogens with zero attached hydrogens (tertiary/aromatic N) is 1. The molecule has 0 fully saturated rings. The van der Waals surface area contributed by atoms with Crippen LogP contribution in [0.4, 0.5) is 0 Å². The van der Waals surface area contributed by atoms with Crippen molar-refractivity contribution in [1.82, 2.24) is 36.6 Å². The summed E-state index contributed by atoms with van der Waals surface area (Å²) >= 11 is 8.76. The van der Waals surface area contributed by atoms with Gasteiger partial charge in [0.25, 0.3) is 0 Å². The van der Waals surface area contributed by atoms with E-state index in [1.165, 1.54) is 54.8 Å². The Morgan fingerprint density at radius 3 is 1.50 bits per heavy atom. The molecule has 482 valence electrons. The number of carbonyl (C=O) groups is 9. The van der Waals surface area contributed by atoms with Gasteiger partial charge < -0.3 is 71.7 Å². The molecule has 0 saturated carbocycles. The topological polar surface area (TPSA) is 382 Å². The Labute approximate surface area is 506 Å². The van der Waals surface area contributed by atoms with E-state index in [4.69, 9.17) is 14.6 Å². The summed E-state index contributed by atoms with van der Waals surface area (Å²) in [5.74, 6) is -20.9. The first-order chi connectivity index (χ1) is 39.2. The number of rotatable bonds is 46. The number of amides is 5. The third kappa shape index (κ3) is 27.1. The molecule has 0 aliphatic carbocycles. The average molecular weight is 1230 g/mol. The second-order valence-corrected chi connectivity index (χ2v) is 26.1. The number of hydrogen-bond donors (Lipinski definition) is 14. The van der Waals surface area contributed by atoms with Gasteiger partial charge in [-0.3, -0.25) is 43.2 Å². The Morgan fingerprint density at radius 2 is 1.01 bits per heavy atom. The van der Waals surface area contributed by atoms with Gasteiger partial charge in [0.2, 0.25) is 29.5 Å². The molecular weight excluding hydrogens is 1130 g/mol. The van der Waals surface area contributed by atoms with Crippen molar-refractivity contribution in [2.45, 2.75) is 145 Å². The number of H-pyrrole nitrogens is 1. The molecule has 0 bridgehead atoms. The first-order valence-corrected chi connectivity index (χ1v) is 30.3. The number of aromatic nitrogens is 2.